The van der Waals surface area contributed by atoms with Gasteiger partial charge in [-0.15, -0.1) is 24.8 Å². The largest absolute Gasteiger partial charge is 0.493 e. The molecule has 2 N–H and O–H groups in total. The summed E-state index contributed by atoms with van der Waals surface area (Å²) in [6, 6.07) is 14.4. The van der Waals surface area contributed by atoms with Gasteiger partial charge in [-0.1, -0.05) is 48.9 Å². The van der Waals surface area contributed by atoms with E-state index in [-0.39, 0.29) is 24.8 Å². The van der Waals surface area contributed by atoms with Crippen LogP contribution >= 0.6 is 24.8 Å². The summed E-state index contributed by atoms with van der Waals surface area (Å²) >= 11 is 0. The lowest BCUT2D eigenvalue weighted by atomic mass is 10.1. The van der Waals surface area contributed by atoms with Crippen LogP contribution < -0.4 is 20.1 Å². The van der Waals surface area contributed by atoms with Crippen LogP contribution in [-0.2, 0) is 13.2 Å². The van der Waals surface area contributed by atoms with Gasteiger partial charge in [0.05, 0.1) is 7.11 Å². The van der Waals surface area contributed by atoms with E-state index in [1.807, 2.05) is 12.1 Å². The summed E-state index contributed by atoms with van der Waals surface area (Å²) in [6.07, 6.45) is 1.11. The normalized spacial score (nSPS) is 9.89. The third-order valence-electron chi connectivity index (χ3n) is 4.06. The Morgan fingerprint density at radius 1 is 0.926 bits per heavy atom. The molecule has 4 nitrogen and oxygen atoms in total. The van der Waals surface area contributed by atoms with Crippen molar-refractivity contribution in [3.8, 4) is 11.5 Å². The molecule has 0 aliphatic carbocycles. The predicted molar refractivity (Wildman–Crippen MR) is 118 cm³/mol. The molecule has 0 spiro atoms. The number of halogens is 2. The Kier molecular flexibility index (Phi) is 13.8. The number of ether oxygens (including phenoxy) is 2. The smallest absolute Gasteiger partial charge is 0.166 e. The van der Waals surface area contributed by atoms with Crippen molar-refractivity contribution >= 4 is 24.8 Å². The number of methoxy groups -OCH3 is 1. The maximum Gasteiger partial charge on any atom is 0.166 e. The first-order valence-electron chi connectivity index (χ1n) is 9.00. The summed E-state index contributed by atoms with van der Waals surface area (Å²) in [5, 5.41) is 6.82. The summed E-state index contributed by atoms with van der Waals surface area (Å²) < 4.78 is 11.6. The van der Waals surface area contributed by atoms with Gasteiger partial charge in [0.1, 0.15) is 6.61 Å². The fourth-order valence-corrected chi connectivity index (χ4v) is 2.60. The van der Waals surface area contributed by atoms with Gasteiger partial charge in [0.15, 0.2) is 11.5 Å². The molecule has 0 fully saturated rings. The third kappa shape index (κ3) is 8.85. The Morgan fingerprint density at radius 2 is 1.63 bits per heavy atom. The molecule has 0 radical (unpaired) electrons. The van der Waals surface area contributed by atoms with E-state index in [1.165, 1.54) is 5.56 Å². The molecule has 2 aromatic carbocycles. The average Bonchev–Trinajstić information content (AvgIpc) is 2.64. The molecule has 0 heterocycles. The third-order valence-corrected chi connectivity index (χ3v) is 4.06. The molecular weight excluding hydrogens is 383 g/mol. The number of nitrogens with one attached hydrogen (secondary N) is 2. The Labute approximate surface area is 175 Å². The molecule has 152 valence electrons. The maximum absolute atomic E-state index is 6.10. The Morgan fingerprint density at radius 3 is 2.30 bits per heavy atom. The molecule has 0 aromatic heterocycles. The SMILES string of the molecule is CCNCCCNCc1cccc(OC)c1OCc1ccc(C)cc1.Cl.Cl. The van der Waals surface area contributed by atoms with Gasteiger partial charge >= 0.3 is 0 Å². The summed E-state index contributed by atoms with van der Waals surface area (Å²) in [4.78, 5) is 0. The molecule has 0 saturated heterocycles. The van der Waals surface area contributed by atoms with Crippen molar-refractivity contribution in [1.29, 1.82) is 0 Å². The maximum atomic E-state index is 6.10. The summed E-state index contributed by atoms with van der Waals surface area (Å²) in [6.45, 7) is 8.56. The fourth-order valence-electron chi connectivity index (χ4n) is 2.60. The summed E-state index contributed by atoms with van der Waals surface area (Å²) in [5.41, 5.74) is 3.53. The van der Waals surface area contributed by atoms with Crippen LogP contribution in [0, 0.1) is 6.92 Å². The number of hydrogen-bond acceptors (Lipinski definition) is 4. The van der Waals surface area contributed by atoms with Crippen LogP contribution in [0.4, 0.5) is 0 Å². The van der Waals surface area contributed by atoms with E-state index in [0.717, 1.165) is 55.2 Å². The van der Waals surface area contributed by atoms with Gasteiger partial charge in [0, 0.05) is 12.1 Å². The van der Waals surface area contributed by atoms with E-state index >= 15 is 0 Å². The molecule has 2 rings (SSSR count). The van der Waals surface area contributed by atoms with Crippen LogP contribution in [-0.4, -0.2) is 26.7 Å². The quantitative estimate of drug-likeness (QED) is 0.530. The Hall–Kier alpha value is -1.46. The van der Waals surface area contributed by atoms with E-state index in [4.69, 9.17) is 9.47 Å². The lowest BCUT2D eigenvalue weighted by Crippen LogP contribution is -2.21. The molecular formula is C21H32Cl2N2O2. The lowest BCUT2D eigenvalue weighted by Gasteiger charge is -2.16. The molecule has 6 heteroatoms. The monoisotopic (exact) mass is 414 g/mol. The number of para-hydroxylation sites is 1. The van der Waals surface area contributed by atoms with Crippen molar-refractivity contribution in [2.24, 2.45) is 0 Å². The van der Waals surface area contributed by atoms with Crippen LogP contribution in [0.15, 0.2) is 42.5 Å². The van der Waals surface area contributed by atoms with Crippen molar-refractivity contribution in [1.82, 2.24) is 10.6 Å². The zero-order valence-corrected chi connectivity index (χ0v) is 18.1. The molecule has 0 amide bonds. The van der Waals surface area contributed by atoms with Gasteiger partial charge in [-0.05, 0) is 44.6 Å². The molecule has 0 saturated carbocycles. The second kappa shape index (κ2) is 14.6. The van der Waals surface area contributed by atoms with Gasteiger partial charge < -0.3 is 20.1 Å². The molecule has 27 heavy (non-hydrogen) atoms. The van der Waals surface area contributed by atoms with Crippen LogP contribution in [0.1, 0.15) is 30.0 Å². The number of aryl methyl sites for hydroxylation is 1. The highest BCUT2D eigenvalue weighted by atomic mass is 35.5. The average molecular weight is 415 g/mol. The molecule has 0 bridgehead atoms. The summed E-state index contributed by atoms with van der Waals surface area (Å²) in [7, 11) is 1.68. The number of benzene rings is 2. The molecule has 0 aliphatic heterocycles. The minimum absolute atomic E-state index is 0. The van der Waals surface area contributed by atoms with E-state index in [9.17, 15) is 0 Å². The van der Waals surface area contributed by atoms with Crippen molar-refractivity contribution in [2.75, 3.05) is 26.7 Å². The first-order chi connectivity index (χ1) is 12.2. The van der Waals surface area contributed by atoms with E-state index < -0.39 is 0 Å². The number of hydrogen-bond donors (Lipinski definition) is 2. The van der Waals surface area contributed by atoms with Gasteiger partial charge in [-0.25, -0.2) is 0 Å². The van der Waals surface area contributed by atoms with Crippen LogP contribution in [0.2, 0.25) is 0 Å². The highest BCUT2D eigenvalue weighted by Crippen LogP contribution is 2.31. The highest BCUT2D eigenvalue weighted by molar-refractivity contribution is 5.85. The van der Waals surface area contributed by atoms with Gasteiger partial charge in [0.2, 0.25) is 0 Å². The first kappa shape index (κ1) is 25.5. The number of rotatable bonds is 11. The van der Waals surface area contributed by atoms with Crippen LogP contribution in [0.5, 0.6) is 11.5 Å². The fraction of sp³-hybridized carbons (Fsp3) is 0.429. The molecule has 0 unspecified atom stereocenters. The van der Waals surface area contributed by atoms with Crippen molar-refractivity contribution in [2.45, 2.75) is 33.4 Å². The van der Waals surface area contributed by atoms with E-state index in [0.29, 0.717) is 6.61 Å². The molecule has 0 aliphatic rings. The van der Waals surface area contributed by atoms with Crippen molar-refractivity contribution in [3.63, 3.8) is 0 Å². The second-order valence-electron chi connectivity index (χ2n) is 6.11. The highest BCUT2D eigenvalue weighted by Gasteiger charge is 2.10. The first-order valence-corrected chi connectivity index (χ1v) is 9.00. The van der Waals surface area contributed by atoms with Gasteiger partial charge in [-0.2, -0.15) is 0 Å². The molecule has 0 atom stereocenters. The minimum Gasteiger partial charge on any atom is -0.493 e. The topological polar surface area (TPSA) is 42.5 Å². The molecule has 2 aromatic rings. The van der Waals surface area contributed by atoms with Gasteiger partial charge in [0.25, 0.3) is 0 Å². The van der Waals surface area contributed by atoms with Crippen molar-refractivity contribution < 1.29 is 9.47 Å². The lowest BCUT2D eigenvalue weighted by molar-refractivity contribution is 0.280. The zero-order chi connectivity index (χ0) is 17.9. The minimum atomic E-state index is 0. The Bertz CT molecular complexity index is 637. The van der Waals surface area contributed by atoms with Crippen molar-refractivity contribution in [3.05, 3.63) is 59.2 Å². The second-order valence-corrected chi connectivity index (χ2v) is 6.11. The predicted octanol–water partition coefficient (Wildman–Crippen LogP) is 4.52. The summed E-state index contributed by atoms with van der Waals surface area (Å²) in [5.74, 6) is 1.60. The zero-order valence-electron chi connectivity index (χ0n) is 16.4. The van der Waals surface area contributed by atoms with E-state index in [1.54, 1.807) is 7.11 Å². The van der Waals surface area contributed by atoms with E-state index in [2.05, 4.69) is 54.8 Å². The van der Waals surface area contributed by atoms with Gasteiger partial charge in [-0.3, -0.25) is 0 Å². The van der Waals surface area contributed by atoms with Crippen LogP contribution in [0.3, 0.4) is 0 Å². The Balaban J connectivity index is 0.00000338. The standard InChI is InChI=1S/C21H30N2O2.2ClH/c1-4-22-13-6-14-23-15-19-7-5-8-20(24-3)21(19)25-16-18-11-9-17(2)10-12-18;;/h5,7-12,22-23H,4,6,13-16H2,1-3H3;2*1H. The van der Waals surface area contributed by atoms with Crippen LogP contribution in [0.25, 0.3) is 0 Å².